The minimum Gasteiger partial charge on any atom is -0.405 e. The van der Waals surface area contributed by atoms with Crippen molar-refractivity contribution in [3.8, 4) is 22.3 Å². The van der Waals surface area contributed by atoms with E-state index in [1.807, 2.05) is 12.3 Å². The molecule has 1 aliphatic carbocycles. The summed E-state index contributed by atoms with van der Waals surface area (Å²) in [7, 11) is 0. The molecule has 8 rings (SSSR count). The summed E-state index contributed by atoms with van der Waals surface area (Å²) in [5.41, 5.74) is 23.1. The van der Waals surface area contributed by atoms with Gasteiger partial charge in [0.15, 0.2) is 12.8 Å². The maximum Gasteiger partial charge on any atom is 0.216 e. The van der Waals surface area contributed by atoms with E-state index in [4.69, 9.17) is 10.5 Å². The molecule has 4 heterocycles. The third kappa shape index (κ3) is 5.79. The highest BCUT2D eigenvalue weighted by Gasteiger charge is 2.25. The van der Waals surface area contributed by atoms with E-state index < -0.39 is 0 Å². The normalized spacial score (nSPS) is 21.3. The van der Waals surface area contributed by atoms with Crippen LogP contribution in [0.1, 0.15) is 47.1 Å². The lowest BCUT2D eigenvalue weighted by molar-refractivity contribution is -0.438. The minimum absolute atomic E-state index is 0.284. The van der Waals surface area contributed by atoms with Gasteiger partial charge < -0.3 is 15.8 Å². The van der Waals surface area contributed by atoms with E-state index >= 15 is 0 Å². The fraction of sp³-hybridized carbons (Fsp3) is 0.190. The van der Waals surface area contributed by atoms with E-state index in [-0.39, 0.29) is 5.92 Å². The van der Waals surface area contributed by atoms with Crippen molar-refractivity contribution in [2.75, 3.05) is 13.1 Å². The summed E-state index contributed by atoms with van der Waals surface area (Å²) in [4.78, 5) is 6.85. The summed E-state index contributed by atoms with van der Waals surface area (Å²) in [6.07, 6.45) is 24.3. The number of ether oxygens (including phenoxy) is 1. The molecule has 0 fully saturated rings. The molecule has 2 unspecified atom stereocenters. The third-order valence-electron chi connectivity index (χ3n) is 9.90. The van der Waals surface area contributed by atoms with Gasteiger partial charge in [-0.05, 0) is 118 Å². The number of fused-ring (bicyclic) bond motifs is 3. The molecular formula is C42H40N4O+2. The maximum absolute atomic E-state index is 6.29. The average Bonchev–Trinajstić information content (AvgIpc) is 3.79. The number of benzene rings is 3. The smallest absolute Gasteiger partial charge is 0.216 e. The van der Waals surface area contributed by atoms with E-state index in [2.05, 4.69) is 126 Å². The topological polar surface area (TPSA) is 75.2 Å². The Morgan fingerprint density at radius 3 is 2.60 bits per heavy atom. The summed E-state index contributed by atoms with van der Waals surface area (Å²) >= 11 is 0. The van der Waals surface area contributed by atoms with Crippen molar-refractivity contribution in [3.05, 3.63) is 160 Å². The average molecular weight is 617 g/mol. The standard InChI is InChI=1S/C42H38N4O/c1-27(4-2-12-43)32-17-33(19-35(18-32)30-10-14-44-24-30)28-8-9-39-38(16-28)26-47-25-31-7-6-29(23-40(31)39)34-20-36(41-5-3-13-45-41)22-37(21-34)42-11-15-46-42/h2-12,14-16,18-23,30,33,44H,13,17,24-26,43H2,1H3/p+2/b12-2-,27-4+. The summed E-state index contributed by atoms with van der Waals surface area (Å²) < 4.78 is 6.29. The number of allylic oxidation sites excluding steroid dienone is 8. The van der Waals surface area contributed by atoms with Crippen LogP contribution in [0.25, 0.3) is 28.0 Å². The highest BCUT2D eigenvalue weighted by Crippen LogP contribution is 2.41. The summed E-state index contributed by atoms with van der Waals surface area (Å²) in [5.74, 6) is 0.666. The fourth-order valence-corrected chi connectivity index (χ4v) is 7.22. The molecule has 2 atom stereocenters. The van der Waals surface area contributed by atoms with Gasteiger partial charge in [-0.2, -0.15) is 0 Å². The van der Waals surface area contributed by atoms with Crippen LogP contribution in [-0.2, 0) is 18.0 Å². The molecule has 47 heavy (non-hydrogen) atoms. The van der Waals surface area contributed by atoms with Crippen LogP contribution >= 0.6 is 0 Å². The van der Waals surface area contributed by atoms with Crippen LogP contribution in [0.4, 0.5) is 0 Å². The molecule has 0 saturated carbocycles. The highest BCUT2D eigenvalue weighted by molar-refractivity contribution is 6.06. The molecule has 3 aromatic carbocycles. The second kappa shape index (κ2) is 12.5. The van der Waals surface area contributed by atoms with Crippen LogP contribution in [-0.4, -0.2) is 25.0 Å². The molecule has 0 amide bonds. The first kappa shape index (κ1) is 29.2. The van der Waals surface area contributed by atoms with Crippen LogP contribution in [0.3, 0.4) is 0 Å². The Balaban J connectivity index is 1.16. The number of rotatable bonds is 7. The first-order chi connectivity index (χ1) is 23.1. The SMILES string of the molecule is C/C(=C\C=C/N)C1=CC(C2C=CNC2)=CC(c2ccc3c(c2)COCc2ccc(-c4cc(C5=CC=[NH+]5)cc(C5=[NH+]CC=C5)c4)cc2-3)C1. The predicted molar refractivity (Wildman–Crippen MR) is 191 cm³/mol. The van der Waals surface area contributed by atoms with Gasteiger partial charge in [0.05, 0.1) is 19.3 Å². The van der Waals surface area contributed by atoms with E-state index in [0.29, 0.717) is 19.1 Å². The number of hydrogen-bond acceptors (Lipinski definition) is 3. The monoisotopic (exact) mass is 616 g/mol. The van der Waals surface area contributed by atoms with Crippen molar-refractivity contribution in [1.82, 2.24) is 5.32 Å². The van der Waals surface area contributed by atoms with Crippen LogP contribution in [0.15, 0.2) is 132 Å². The Bertz CT molecular complexity index is 2050. The molecule has 5 aliphatic rings. The summed E-state index contributed by atoms with van der Waals surface area (Å²) in [6.45, 7) is 5.19. The van der Waals surface area contributed by atoms with Gasteiger partial charge in [0, 0.05) is 35.6 Å². The van der Waals surface area contributed by atoms with Crippen molar-refractivity contribution in [2.45, 2.75) is 32.5 Å². The molecule has 5 N–H and O–H groups in total. The zero-order chi connectivity index (χ0) is 31.7. The first-order valence-electron chi connectivity index (χ1n) is 16.6. The molecule has 5 nitrogen and oxygen atoms in total. The molecule has 3 aromatic rings. The Morgan fingerprint density at radius 1 is 0.936 bits per heavy atom. The molecule has 4 aliphatic heterocycles. The van der Waals surface area contributed by atoms with Crippen LogP contribution in [0.5, 0.6) is 0 Å². The van der Waals surface area contributed by atoms with Gasteiger partial charge in [-0.15, -0.1) is 0 Å². The van der Waals surface area contributed by atoms with Gasteiger partial charge in [-0.3, -0.25) is 0 Å². The fourth-order valence-electron chi connectivity index (χ4n) is 7.22. The highest BCUT2D eigenvalue weighted by atomic mass is 16.5. The lowest BCUT2D eigenvalue weighted by atomic mass is 9.79. The molecule has 5 heteroatoms. The molecule has 0 aromatic heterocycles. The van der Waals surface area contributed by atoms with E-state index in [9.17, 15) is 0 Å². The lowest BCUT2D eigenvalue weighted by Gasteiger charge is -2.26. The minimum atomic E-state index is 0.284. The number of nitrogens with two attached hydrogens (primary N) is 1. The lowest BCUT2D eigenvalue weighted by Crippen LogP contribution is -2.70. The Hall–Kier alpha value is -5.26. The molecule has 0 saturated heterocycles. The number of nitrogens with one attached hydrogen (secondary N) is 3. The Morgan fingerprint density at radius 2 is 1.81 bits per heavy atom. The van der Waals surface area contributed by atoms with Crippen molar-refractivity contribution in [1.29, 1.82) is 0 Å². The van der Waals surface area contributed by atoms with E-state index in [1.54, 1.807) is 6.20 Å². The molecule has 0 spiro atoms. The van der Waals surface area contributed by atoms with Gasteiger partial charge in [-0.25, -0.2) is 9.98 Å². The molecule has 232 valence electrons. The van der Waals surface area contributed by atoms with Crippen molar-refractivity contribution in [2.24, 2.45) is 11.7 Å². The molecule has 0 bridgehead atoms. The summed E-state index contributed by atoms with van der Waals surface area (Å²) in [6, 6.07) is 20.8. The predicted octanol–water partition coefficient (Wildman–Crippen LogP) is 4.49. The zero-order valence-corrected chi connectivity index (χ0v) is 26.7. The van der Waals surface area contributed by atoms with Gasteiger partial charge >= 0.3 is 0 Å². The molecular weight excluding hydrogens is 576 g/mol. The second-order valence-corrected chi connectivity index (χ2v) is 12.9. The van der Waals surface area contributed by atoms with Gasteiger partial charge in [-0.1, -0.05) is 54.6 Å². The summed E-state index contributed by atoms with van der Waals surface area (Å²) in [5, 5.41) is 3.38. The van der Waals surface area contributed by atoms with E-state index in [1.165, 1.54) is 66.8 Å². The number of hydrogen-bond donors (Lipinski definition) is 4. The molecule has 0 radical (unpaired) electrons. The van der Waals surface area contributed by atoms with Gasteiger partial charge in [0.1, 0.15) is 0 Å². The van der Waals surface area contributed by atoms with Crippen LogP contribution in [0, 0.1) is 5.92 Å². The second-order valence-electron chi connectivity index (χ2n) is 12.9. The van der Waals surface area contributed by atoms with Crippen molar-refractivity contribution < 1.29 is 14.7 Å². The third-order valence-corrected chi connectivity index (χ3v) is 9.90. The Kier molecular flexibility index (Phi) is 7.76. The van der Waals surface area contributed by atoms with Gasteiger partial charge in [0.25, 0.3) is 0 Å². The van der Waals surface area contributed by atoms with Crippen molar-refractivity contribution in [3.63, 3.8) is 0 Å². The van der Waals surface area contributed by atoms with Crippen LogP contribution in [0.2, 0.25) is 0 Å². The van der Waals surface area contributed by atoms with Crippen molar-refractivity contribution >= 4 is 17.6 Å². The largest absolute Gasteiger partial charge is 0.405 e. The van der Waals surface area contributed by atoms with Gasteiger partial charge in [0.2, 0.25) is 11.4 Å². The quantitative estimate of drug-likeness (QED) is 0.296. The first-order valence-corrected chi connectivity index (χ1v) is 16.6. The Labute approximate surface area is 276 Å². The zero-order valence-electron chi connectivity index (χ0n) is 26.7. The van der Waals surface area contributed by atoms with E-state index in [0.717, 1.165) is 30.9 Å². The maximum atomic E-state index is 6.29. The van der Waals surface area contributed by atoms with Crippen LogP contribution < -0.4 is 21.0 Å².